The second kappa shape index (κ2) is 7.42. The number of nitrogen functional groups attached to an aromatic ring is 1. The highest BCUT2D eigenvalue weighted by atomic mass is 16.4. The summed E-state index contributed by atoms with van der Waals surface area (Å²) in [6.45, 7) is -0.0803. The lowest BCUT2D eigenvalue weighted by atomic mass is 10.2. The average Bonchev–Trinajstić information content (AvgIpc) is 2.57. The first-order chi connectivity index (χ1) is 11.6. The summed E-state index contributed by atoms with van der Waals surface area (Å²) in [5.41, 5.74) is 6.96. The van der Waals surface area contributed by atoms with Crippen molar-refractivity contribution in [3.63, 3.8) is 0 Å². The number of benzene rings is 1. The van der Waals surface area contributed by atoms with Gasteiger partial charge in [-0.1, -0.05) is 0 Å². The van der Waals surface area contributed by atoms with Gasteiger partial charge < -0.3 is 21.1 Å². The molecule has 24 heavy (non-hydrogen) atoms. The minimum absolute atomic E-state index is 0.0402. The SMILES string of the molecule is N#CCN(CC#N)c1ncnc(Nc2ccc(C(=O)O)cc2)c1N. The molecule has 4 N–H and O–H groups in total. The first-order valence-corrected chi connectivity index (χ1v) is 6.76. The van der Waals surface area contributed by atoms with E-state index >= 15 is 0 Å². The van der Waals surface area contributed by atoms with Gasteiger partial charge in [-0.25, -0.2) is 14.8 Å². The Bertz CT molecular complexity index is 805. The molecule has 9 heteroatoms. The van der Waals surface area contributed by atoms with Crippen molar-refractivity contribution in [2.45, 2.75) is 0 Å². The highest BCUT2D eigenvalue weighted by Crippen LogP contribution is 2.28. The fourth-order valence-corrected chi connectivity index (χ4v) is 1.95. The molecule has 0 unspecified atom stereocenters. The van der Waals surface area contributed by atoms with Gasteiger partial charge in [-0.15, -0.1) is 0 Å². The number of carbonyl (C=O) groups is 1. The number of anilines is 4. The molecule has 0 spiro atoms. The van der Waals surface area contributed by atoms with Crippen molar-refractivity contribution in [2.24, 2.45) is 0 Å². The van der Waals surface area contributed by atoms with Gasteiger partial charge in [0.05, 0.1) is 17.7 Å². The lowest BCUT2D eigenvalue weighted by Gasteiger charge is -2.20. The van der Waals surface area contributed by atoms with Crippen LogP contribution in [0, 0.1) is 22.7 Å². The zero-order valence-electron chi connectivity index (χ0n) is 12.5. The lowest BCUT2D eigenvalue weighted by molar-refractivity contribution is 0.0697. The maximum atomic E-state index is 10.8. The fourth-order valence-electron chi connectivity index (χ4n) is 1.95. The van der Waals surface area contributed by atoms with Gasteiger partial charge in [0.1, 0.15) is 25.1 Å². The quantitative estimate of drug-likeness (QED) is 0.668. The lowest BCUT2D eigenvalue weighted by Crippen LogP contribution is -2.26. The van der Waals surface area contributed by atoms with Crippen molar-refractivity contribution < 1.29 is 9.90 Å². The number of nitriles is 2. The molecule has 2 rings (SSSR count). The Morgan fingerprint density at radius 1 is 1.21 bits per heavy atom. The molecule has 0 bridgehead atoms. The van der Waals surface area contributed by atoms with Gasteiger partial charge >= 0.3 is 5.97 Å². The zero-order valence-corrected chi connectivity index (χ0v) is 12.5. The summed E-state index contributed by atoms with van der Waals surface area (Å²) in [7, 11) is 0. The second-order valence-electron chi connectivity index (χ2n) is 4.64. The molecule has 0 amide bonds. The molecule has 1 aromatic carbocycles. The van der Waals surface area contributed by atoms with Gasteiger partial charge in [-0.2, -0.15) is 10.5 Å². The number of rotatable bonds is 6. The third-order valence-corrected chi connectivity index (χ3v) is 3.08. The van der Waals surface area contributed by atoms with Crippen LogP contribution in [-0.4, -0.2) is 34.1 Å². The molecule has 1 aromatic heterocycles. The van der Waals surface area contributed by atoms with E-state index in [1.807, 2.05) is 12.1 Å². The molecule has 0 saturated carbocycles. The Balaban J connectivity index is 2.28. The molecule has 0 atom stereocenters. The summed E-state index contributed by atoms with van der Waals surface area (Å²) in [5, 5.41) is 29.5. The normalized spacial score (nSPS) is 9.58. The molecular weight excluding hydrogens is 310 g/mol. The highest BCUT2D eigenvalue weighted by molar-refractivity contribution is 5.88. The van der Waals surface area contributed by atoms with E-state index in [0.717, 1.165) is 0 Å². The van der Waals surface area contributed by atoms with Crippen molar-refractivity contribution in [3.8, 4) is 12.1 Å². The number of nitrogens with two attached hydrogens (primary N) is 1. The van der Waals surface area contributed by atoms with Crippen LogP contribution in [0.5, 0.6) is 0 Å². The van der Waals surface area contributed by atoms with Gasteiger partial charge in [0.15, 0.2) is 11.6 Å². The number of nitrogens with zero attached hydrogens (tertiary/aromatic N) is 5. The monoisotopic (exact) mass is 323 g/mol. The Labute approximate surface area is 137 Å². The molecule has 1 heterocycles. The van der Waals surface area contributed by atoms with Gasteiger partial charge in [-0.3, -0.25) is 0 Å². The van der Waals surface area contributed by atoms with Crippen LogP contribution >= 0.6 is 0 Å². The van der Waals surface area contributed by atoms with Crippen molar-refractivity contribution in [1.82, 2.24) is 9.97 Å². The molecule has 2 aromatic rings. The Kier molecular flexibility index (Phi) is 5.11. The second-order valence-corrected chi connectivity index (χ2v) is 4.64. The number of hydrogen-bond acceptors (Lipinski definition) is 8. The smallest absolute Gasteiger partial charge is 0.335 e. The van der Waals surface area contributed by atoms with Crippen LogP contribution in [0.25, 0.3) is 0 Å². The maximum Gasteiger partial charge on any atom is 0.335 e. The molecule has 0 saturated heterocycles. The largest absolute Gasteiger partial charge is 0.478 e. The van der Waals surface area contributed by atoms with Gasteiger partial charge in [0, 0.05) is 5.69 Å². The van der Waals surface area contributed by atoms with E-state index in [2.05, 4.69) is 15.3 Å². The first-order valence-electron chi connectivity index (χ1n) is 6.76. The van der Waals surface area contributed by atoms with E-state index < -0.39 is 5.97 Å². The van der Waals surface area contributed by atoms with Crippen molar-refractivity contribution >= 4 is 29.0 Å². The Morgan fingerprint density at radius 3 is 2.38 bits per heavy atom. The van der Waals surface area contributed by atoms with Crippen molar-refractivity contribution in [1.29, 1.82) is 10.5 Å². The van der Waals surface area contributed by atoms with E-state index in [0.29, 0.717) is 11.5 Å². The first kappa shape index (κ1) is 16.5. The van der Waals surface area contributed by atoms with Crippen LogP contribution < -0.4 is 16.0 Å². The molecule has 0 aliphatic heterocycles. The van der Waals surface area contributed by atoms with E-state index in [1.54, 1.807) is 12.1 Å². The van der Waals surface area contributed by atoms with Crippen LogP contribution in [0.15, 0.2) is 30.6 Å². The number of hydrogen-bond donors (Lipinski definition) is 3. The summed E-state index contributed by atoms with van der Waals surface area (Å²) in [6.07, 6.45) is 1.27. The maximum absolute atomic E-state index is 10.8. The Hall–Kier alpha value is -3.85. The third-order valence-electron chi connectivity index (χ3n) is 3.08. The fraction of sp³-hybridized carbons (Fsp3) is 0.133. The van der Waals surface area contributed by atoms with Crippen LogP contribution in [0.4, 0.5) is 23.0 Å². The topological polar surface area (TPSA) is 152 Å². The zero-order chi connectivity index (χ0) is 17.5. The number of nitrogens with one attached hydrogen (secondary N) is 1. The van der Waals surface area contributed by atoms with E-state index in [4.69, 9.17) is 21.4 Å². The van der Waals surface area contributed by atoms with E-state index in [-0.39, 0.29) is 30.2 Å². The molecule has 0 aliphatic rings. The summed E-state index contributed by atoms with van der Waals surface area (Å²) in [4.78, 5) is 20.3. The standard InChI is InChI=1S/C15H13N7O2/c16-5-7-22(8-6-17)14-12(18)13(19-9-20-14)21-11-3-1-10(2-4-11)15(23)24/h1-4,9H,7-8,18H2,(H,23,24)(H,19,20,21). The summed E-state index contributed by atoms with van der Waals surface area (Å²) >= 11 is 0. The Morgan fingerprint density at radius 2 is 1.83 bits per heavy atom. The summed E-state index contributed by atoms with van der Waals surface area (Å²) < 4.78 is 0. The predicted molar refractivity (Wildman–Crippen MR) is 86.6 cm³/mol. The molecule has 0 aliphatic carbocycles. The predicted octanol–water partition coefficient (Wildman–Crippen LogP) is 1.35. The van der Waals surface area contributed by atoms with Gasteiger partial charge in [-0.05, 0) is 24.3 Å². The van der Waals surface area contributed by atoms with Crippen molar-refractivity contribution in [2.75, 3.05) is 29.0 Å². The minimum atomic E-state index is -1.02. The molecule has 120 valence electrons. The third kappa shape index (κ3) is 3.67. The van der Waals surface area contributed by atoms with Crippen LogP contribution in [-0.2, 0) is 0 Å². The minimum Gasteiger partial charge on any atom is -0.478 e. The number of carboxylic acid groups (broad SMARTS) is 1. The van der Waals surface area contributed by atoms with E-state index in [9.17, 15) is 4.79 Å². The summed E-state index contributed by atoms with van der Waals surface area (Å²) in [5.74, 6) is -0.448. The molecule has 0 radical (unpaired) electrons. The van der Waals surface area contributed by atoms with Crippen LogP contribution in [0.1, 0.15) is 10.4 Å². The van der Waals surface area contributed by atoms with Crippen LogP contribution in [0.2, 0.25) is 0 Å². The molecule has 9 nitrogen and oxygen atoms in total. The van der Waals surface area contributed by atoms with Crippen molar-refractivity contribution in [3.05, 3.63) is 36.2 Å². The molecule has 0 fully saturated rings. The number of carboxylic acids is 1. The van der Waals surface area contributed by atoms with E-state index in [1.165, 1.54) is 23.4 Å². The summed E-state index contributed by atoms with van der Waals surface area (Å²) in [6, 6.07) is 9.94. The molecular formula is C15H13N7O2. The van der Waals surface area contributed by atoms with Crippen LogP contribution in [0.3, 0.4) is 0 Å². The van der Waals surface area contributed by atoms with Gasteiger partial charge in [0.25, 0.3) is 0 Å². The highest BCUT2D eigenvalue weighted by Gasteiger charge is 2.15. The average molecular weight is 323 g/mol. The number of aromatic nitrogens is 2. The number of aromatic carboxylic acids is 1. The van der Waals surface area contributed by atoms with Gasteiger partial charge in [0.2, 0.25) is 0 Å².